The molecule has 1 aromatic carbocycles. The van der Waals surface area contributed by atoms with Gasteiger partial charge in [-0.3, -0.25) is 10.1 Å². The Morgan fingerprint density at radius 1 is 1.55 bits per heavy atom. The number of methoxy groups -OCH3 is 1. The number of morpholine rings is 1. The molecule has 1 atom stereocenters. The van der Waals surface area contributed by atoms with Crippen molar-refractivity contribution in [2.75, 3.05) is 31.7 Å². The lowest BCUT2D eigenvalue weighted by atomic mass is 10.2. The van der Waals surface area contributed by atoms with Crippen LogP contribution in [0.15, 0.2) is 18.2 Å². The largest absolute Gasteiger partial charge is 0.496 e. The highest BCUT2D eigenvalue weighted by molar-refractivity contribution is 5.74. The summed E-state index contributed by atoms with van der Waals surface area (Å²) in [4.78, 5) is 23.1. The zero-order chi connectivity index (χ0) is 14.7. The molecule has 0 aromatic heterocycles. The molecule has 0 saturated carbocycles. The van der Waals surface area contributed by atoms with E-state index < -0.39 is 17.0 Å². The fourth-order valence-electron chi connectivity index (χ4n) is 2.01. The van der Waals surface area contributed by atoms with Gasteiger partial charge in [0, 0.05) is 24.4 Å². The first-order valence-corrected chi connectivity index (χ1v) is 5.94. The highest BCUT2D eigenvalue weighted by Crippen LogP contribution is 2.29. The van der Waals surface area contributed by atoms with Gasteiger partial charge in [0.15, 0.2) is 6.10 Å². The van der Waals surface area contributed by atoms with Gasteiger partial charge in [0.1, 0.15) is 5.75 Å². The monoisotopic (exact) mass is 282 g/mol. The summed E-state index contributed by atoms with van der Waals surface area (Å²) >= 11 is 0. The highest BCUT2D eigenvalue weighted by Gasteiger charge is 2.27. The molecule has 108 valence electrons. The molecule has 0 amide bonds. The van der Waals surface area contributed by atoms with E-state index in [0.29, 0.717) is 18.0 Å². The van der Waals surface area contributed by atoms with Gasteiger partial charge in [-0.1, -0.05) is 0 Å². The molecule has 0 radical (unpaired) electrons. The third-order valence-electron chi connectivity index (χ3n) is 3.03. The molecule has 1 unspecified atom stereocenters. The summed E-state index contributed by atoms with van der Waals surface area (Å²) in [5, 5.41) is 19.9. The average Bonchev–Trinajstić information content (AvgIpc) is 2.46. The van der Waals surface area contributed by atoms with Crippen LogP contribution in [0.25, 0.3) is 0 Å². The van der Waals surface area contributed by atoms with Gasteiger partial charge < -0.3 is 19.5 Å². The number of nitrogens with zero attached hydrogens (tertiary/aromatic N) is 2. The van der Waals surface area contributed by atoms with Crippen LogP contribution in [0.5, 0.6) is 5.75 Å². The maximum Gasteiger partial charge on any atom is 0.334 e. The van der Waals surface area contributed by atoms with Crippen molar-refractivity contribution in [3.05, 3.63) is 28.3 Å². The number of rotatable bonds is 4. The smallest absolute Gasteiger partial charge is 0.334 e. The number of non-ortho nitro benzene ring substituents is 1. The number of carboxylic acids is 1. The number of hydrogen-bond donors (Lipinski definition) is 1. The van der Waals surface area contributed by atoms with Crippen molar-refractivity contribution in [1.29, 1.82) is 0 Å². The van der Waals surface area contributed by atoms with Gasteiger partial charge in [-0.2, -0.15) is 0 Å². The van der Waals surface area contributed by atoms with Crippen molar-refractivity contribution in [3.63, 3.8) is 0 Å². The Morgan fingerprint density at radius 3 is 2.90 bits per heavy atom. The molecule has 1 N–H and O–H groups in total. The maximum atomic E-state index is 10.9. The minimum absolute atomic E-state index is 0.0993. The van der Waals surface area contributed by atoms with E-state index in [2.05, 4.69) is 0 Å². The van der Waals surface area contributed by atoms with Gasteiger partial charge in [-0.25, -0.2) is 4.79 Å². The third-order valence-corrected chi connectivity index (χ3v) is 3.03. The van der Waals surface area contributed by atoms with Crippen molar-refractivity contribution in [1.82, 2.24) is 0 Å². The minimum Gasteiger partial charge on any atom is -0.496 e. The number of nitro benzene ring substituents is 1. The zero-order valence-electron chi connectivity index (χ0n) is 10.8. The van der Waals surface area contributed by atoms with Crippen LogP contribution in [0.1, 0.15) is 0 Å². The average molecular weight is 282 g/mol. The lowest BCUT2D eigenvalue weighted by molar-refractivity contribution is -0.384. The molecule has 1 aliphatic heterocycles. The number of aliphatic carboxylic acids is 1. The van der Waals surface area contributed by atoms with Crippen LogP contribution in [0, 0.1) is 10.1 Å². The fourth-order valence-corrected chi connectivity index (χ4v) is 2.01. The summed E-state index contributed by atoms with van der Waals surface area (Å²) in [5.41, 5.74) is 0.448. The Kier molecular flexibility index (Phi) is 4.04. The number of carbonyl (C=O) groups is 1. The van der Waals surface area contributed by atoms with Gasteiger partial charge in [-0.05, 0) is 0 Å². The molecule has 1 aromatic rings. The molecule has 0 aliphatic carbocycles. The first kappa shape index (κ1) is 14.1. The molecule has 1 fully saturated rings. The standard InChI is InChI=1S/C12H14N2O6/c1-19-10-5-8(4-9(6-10)14(17)18)13-2-3-20-11(7-13)12(15)16/h4-6,11H,2-3,7H2,1H3,(H,15,16). The Labute approximate surface area is 114 Å². The zero-order valence-corrected chi connectivity index (χ0v) is 10.8. The molecule has 0 bridgehead atoms. The molecule has 20 heavy (non-hydrogen) atoms. The van der Waals surface area contributed by atoms with Crippen molar-refractivity contribution >= 4 is 17.3 Å². The maximum absolute atomic E-state index is 10.9. The van der Waals surface area contributed by atoms with Crippen molar-refractivity contribution in [2.45, 2.75) is 6.10 Å². The Hall–Kier alpha value is -2.35. The van der Waals surface area contributed by atoms with E-state index in [0.717, 1.165) is 0 Å². The number of benzene rings is 1. The molecular weight excluding hydrogens is 268 g/mol. The van der Waals surface area contributed by atoms with Crippen molar-refractivity contribution in [2.24, 2.45) is 0 Å². The minimum atomic E-state index is -1.05. The number of anilines is 1. The van der Waals surface area contributed by atoms with Crippen molar-refractivity contribution < 1.29 is 24.3 Å². The van der Waals surface area contributed by atoms with E-state index in [1.165, 1.54) is 19.2 Å². The van der Waals surface area contributed by atoms with E-state index in [4.69, 9.17) is 14.6 Å². The third kappa shape index (κ3) is 2.97. The van der Waals surface area contributed by atoms with Crippen LogP contribution in [-0.4, -0.2) is 48.9 Å². The highest BCUT2D eigenvalue weighted by atomic mass is 16.6. The molecule has 1 heterocycles. The number of nitro groups is 1. The quantitative estimate of drug-likeness (QED) is 0.646. The first-order chi connectivity index (χ1) is 9.51. The molecule has 8 heteroatoms. The summed E-state index contributed by atoms with van der Waals surface area (Å²) in [5.74, 6) is -0.695. The van der Waals surface area contributed by atoms with Crippen molar-refractivity contribution in [3.8, 4) is 5.75 Å². The molecular formula is C12H14N2O6. The summed E-state index contributed by atoms with van der Waals surface area (Å²) in [6.45, 7) is 0.857. The fraction of sp³-hybridized carbons (Fsp3) is 0.417. The lowest BCUT2D eigenvalue weighted by Crippen LogP contribution is -2.46. The van der Waals surface area contributed by atoms with Gasteiger partial charge in [0.25, 0.3) is 5.69 Å². The predicted molar refractivity (Wildman–Crippen MR) is 69.2 cm³/mol. The second-order valence-corrected chi connectivity index (χ2v) is 4.29. The number of hydrogen-bond acceptors (Lipinski definition) is 6. The first-order valence-electron chi connectivity index (χ1n) is 5.94. The second kappa shape index (κ2) is 5.74. The predicted octanol–water partition coefficient (Wildman–Crippen LogP) is 0.893. The summed E-state index contributed by atoms with van der Waals surface area (Å²) < 4.78 is 10.2. The van der Waals surface area contributed by atoms with E-state index in [1.54, 1.807) is 11.0 Å². The van der Waals surface area contributed by atoms with E-state index in [-0.39, 0.29) is 18.8 Å². The van der Waals surface area contributed by atoms with Crippen LogP contribution in [0.4, 0.5) is 11.4 Å². The second-order valence-electron chi connectivity index (χ2n) is 4.29. The Balaban J connectivity index is 2.29. The molecule has 1 aliphatic rings. The van der Waals surface area contributed by atoms with Crippen LogP contribution < -0.4 is 9.64 Å². The number of ether oxygens (including phenoxy) is 2. The Morgan fingerprint density at radius 2 is 2.30 bits per heavy atom. The SMILES string of the molecule is COc1cc(N2CCOC(C(=O)O)C2)cc([N+](=O)[O-])c1. The van der Waals surface area contributed by atoms with Gasteiger partial charge in [0.05, 0.1) is 31.3 Å². The summed E-state index contributed by atoms with van der Waals surface area (Å²) in [6, 6.07) is 4.35. The van der Waals surface area contributed by atoms with E-state index in [1.807, 2.05) is 0 Å². The summed E-state index contributed by atoms with van der Waals surface area (Å²) in [6.07, 6.45) is -0.936. The normalized spacial score (nSPS) is 18.6. The van der Waals surface area contributed by atoms with Crippen LogP contribution in [-0.2, 0) is 9.53 Å². The molecule has 0 spiro atoms. The Bertz CT molecular complexity index is 533. The van der Waals surface area contributed by atoms with Gasteiger partial charge in [0.2, 0.25) is 0 Å². The van der Waals surface area contributed by atoms with Crippen LogP contribution in [0.2, 0.25) is 0 Å². The van der Waals surface area contributed by atoms with E-state index in [9.17, 15) is 14.9 Å². The van der Waals surface area contributed by atoms with Crippen LogP contribution in [0.3, 0.4) is 0 Å². The summed E-state index contributed by atoms with van der Waals surface area (Å²) in [7, 11) is 1.42. The molecule has 8 nitrogen and oxygen atoms in total. The van der Waals surface area contributed by atoms with Crippen LogP contribution >= 0.6 is 0 Å². The van der Waals surface area contributed by atoms with Gasteiger partial charge >= 0.3 is 5.97 Å². The number of carboxylic acid groups (broad SMARTS) is 1. The molecule has 1 saturated heterocycles. The lowest BCUT2D eigenvalue weighted by Gasteiger charge is -2.32. The molecule has 2 rings (SSSR count). The van der Waals surface area contributed by atoms with Gasteiger partial charge in [-0.15, -0.1) is 0 Å². The topological polar surface area (TPSA) is 102 Å². The van der Waals surface area contributed by atoms with E-state index >= 15 is 0 Å².